The van der Waals surface area contributed by atoms with Crippen molar-refractivity contribution in [3.8, 4) is 0 Å². The maximum absolute atomic E-state index is 12.5. The molecule has 1 saturated heterocycles. The summed E-state index contributed by atoms with van der Waals surface area (Å²) < 4.78 is 27.8. The number of rotatable bonds is 4. The van der Waals surface area contributed by atoms with Crippen LogP contribution in [0.25, 0.3) is 0 Å². The topological polar surface area (TPSA) is 101 Å². The second-order valence-electron chi connectivity index (χ2n) is 5.62. The van der Waals surface area contributed by atoms with E-state index in [9.17, 15) is 18.5 Å². The fourth-order valence-corrected chi connectivity index (χ4v) is 4.18. The molecule has 0 amide bonds. The molecule has 1 aromatic carbocycles. The van der Waals surface area contributed by atoms with Gasteiger partial charge in [0.1, 0.15) is 0 Å². The Balaban J connectivity index is 2.35. The fraction of sp³-hybridized carbons (Fsp3) is 0.538. The molecule has 0 aromatic heterocycles. The highest BCUT2D eigenvalue weighted by Gasteiger charge is 2.33. The van der Waals surface area contributed by atoms with E-state index in [4.69, 9.17) is 0 Å². The molecule has 0 saturated carbocycles. The van der Waals surface area contributed by atoms with Gasteiger partial charge in [0.25, 0.3) is 5.69 Å². The van der Waals surface area contributed by atoms with Gasteiger partial charge in [0.15, 0.2) is 0 Å². The Bertz CT molecular complexity index is 651. The lowest BCUT2D eigenvalue weighted by Gasteiger charge is -2.34. The van der Waals surface area contributed by atoms with Crippen molar-refractivity contribution in [3.63, 3.8) is 0 Å². The highest BCUT2D eigenvalue weighted by Crippen LogP contribution is 2.25. The van der Waals surface area contributed by atoms with Crippen LogP contribution in [0.1, 0.15) is 25.3 Å². The molecule has 0 bridgehead atoms. The van der Waals surface area contributed by atoms with E-state index in [-0.39, 0.29) is 10.6 Å². The molecule has 1 aliphatic rings. The molecule has 21 heavy (non-hydrogen) atoms. The van der Waals surface area contributed by atoms with Crippen LogP contribution in [0.5, 0.6) is 0 Å². The first kappa shape index (κ1) is 15.9. The van der Waals surface area contributed by atoms with Gasteiger partial charge in [-0.1, -0.05) is 6.07 Å². The number of hydrogen-bond acceptors (Lipinski definition) is 5. The molecule has 0 unspecified atom stereocenters. The van der Waals surface area contributed by atoms with Gasteiger partial charge in [-0.05, 0) is 45.3 Å². The SMILES string of the molecule is Cc1ccc([N+](=O)[O-])cc1S(=O)(=O)NC1(C)CCNCC1. The van der Waals surface area contributed by atoms with Crippen molar-refractivity contribution >= 4 is 15.7 Å². The number of aryl methyl sites for hydroxylation is 1. The molecule has 1 fully saturated rings. The van der Waals surface area contributed by atoms with Crippen molar-refractivity contribution in [2.24, 2.45) is 0 Å². The first-order valence-corrected chi connectivity index (χ1v) is 8.22. The molecule has 0 radical (unpaired) electrons. The van der Waals surface area contributed by atoms with Gasteiger partial charge in [-0.15, -0.1) is 0 Å². The zero-order valence-electron chi connectivity index (χ0n) is 12.0. The Morgan fingerprint density at radius 3 is 2.52 bits per heavy atom. The summed E-state index contributed by atoms with van der Waals surface area (Å²) in [6.45, 7) is 4.97. The zero-order valence-corrected chi connectivity index (χ0v) is 12.9. The minimum Gasteiger partial charge on any atom is -0.317 e. The summed E-state index contributed by atoms with van der Waals surface area (Å²) >= 11 is 0. The van der Waals surface area contributed by atoms with Crippen LogP contribution >= 0.6 is 0 Å². The van der Waals surface area contributed by atoms with E-state index in [0.29, 0.717) is 18.4 Å². The van der Waals surface area contributed by atoms with Crippen molar-refractivity contribution in [2.45, 2.75) is 37.1 Å². The third-order valence-electron chi connectivity index (χ3n) is 3.76. The standard InChI is InChI=1S/C13H19N3O4S/c1-10-3-4-11(16(17)18)9-12(10)21(19,20)15-13(2)5-7-14-8-6-13/h3-4,9,14-15H,5-8H2,1-2H3. The van der Waals surface area contributed by atoms with Crippen LogP contribution in [0.15, 0.2) is 23.1 Å². The molecule has 8 heteroatoms. The number of sulfonamides is 1. The van der Waals surface area contributed by atoms with Crippen LogP contribution in [0.3, 0.4) is 0 Å². The van der Waals surface area contributed by atoms with E-state index in [1.165, 1.54) is 12.1 Å². The average Bonchev–Trinajstić information content (AvgIpc) is 2.38. The molecule has 0 spiro atoms. The summed E-state index contributed by atoms with van der Waals surface area (Å²) in [7, 11) is -3.79. The molecule has 116 valence electrons. The Kier molecular flexibility index (Phi) is 4.31. The van der Waals surface area contributed by atoms with Crippen molar-refractivity contribution in [2.75, 3.05) is 13.1 Å². The molecule has 1 heterocycles. The van der Waals surface area contributed by atoms with E-state index in [2.05, 4.69) is 10.0 Å². The number of non-ortho nitro benzene ring substituents is 1. The Hall–Kier alpha value is -1.51. The van der Waals surface area contributed by atoms with Crippen molar-refractivity contribution in [1.29, 1.82) is 0 Å². The van der Waals surface area contributed by atoms with Gasteiger partial charge in [-0.25, -0.2) is 13.1 Å². The van der Waals surface area contributed by atoms with Gasteiger partial charge in [-0.3, -0.25) is 10.1 Å². The molecular weight excluding hydrogens is 294 g/mol. The minimum absolute atomic E-state index is 0.0311. The molecule has 1 aliphatic heterocycles. The highest BCUT2D eigenvalue weighted by atomic mass is 32.2. The molecule has 2 rings (SSSR count). The lowest BCUT2D eigenvalue weighted by atomic mass is 9.92. The summed E-state index contributed by atoms with van der Waals surface area (Å²) in [4.78, 5) is 10.2. The second-order valence-corrected chi connectivity index (χ2v) is 7.27. The van der Waals surface area contributed by atoms with Gasteiger partial charge >= 0.3 is 0 Å². The number of hydrogen-bond donors (Lipinski definition) is 2. The van der Waals surface area contributed by atoms with E-state index in [1.54, 1.807) is 6.92 Å². The zero-order chi connectivity index (χ0) is 15.7. The molecule has 0 atom stereocenters. The van der Waals surface area contributed by atoms with Gasteiger partial charge in [0.2, 0.25) is 10.0 Å². The van der Waals surface area contributed by atoms with Crippen molar-refractivity contribution in [1.82, 2.24) is 10.0 Å². The number of nitro groups is 1. The molecule has 7 nitrogen and oxygen atoms in total. The summed E-state index contributed by atoms with van der Waals surface area (Å²) in [5, 5.41) is 14.0. The number of piperidine rings is 1. The van der Waals surface area contributed by atoms with Crippen molar-refractivity contribution < 1.29 is 13.3 Å². The number of benzene rings is 1. The number of nitro benzene ring substituents is 1. The summed E-state index contributed by atoms with van der Waals surface area (Å²) in [5.74, 6) is 0. The van der Waals surface area contributed by atoms with Gasteiger partial charge in [-0.2, -0.15) is 0 Å². The van der Waals surface area contributed by atoms with Crippen molar-refractivity contribution in [3.05, 3.63) is 33.9 Å². The molecular formula is C13H19N3O4S. The Morgan fingerprint density at radius 1 is 1.33 bits per heavy atom. The number of nitrogens with one attached hydrogen (secondary N) is 2. The second kappa shape index (κ2) is 5.70. The van der Waals surface area contributed by atoms with Crippen LogP contribution in [0.4, 0.5) is 5.69 Å². The fourth-order valence-electron chi connectivity index (χ4n) is 2.45. The van der Waals surface area contributed by atoms with E-state index in [0.717, 1.165) is 19.2 Å². The third-order valence-corrected chi connectivity index (χ3v) is 5.54. The quantitative estimate of drug-likeness (QED) is 0.645. The maximum atomic E-state index is 12.5. The van der Waals surface area contributed by atoms with E-state index >= 15 is 0 Å². The monoisotopic (exact) mass is 313 g/mol. The minimum atomic E-state index is -3.79. The van der Waals surface area contributed by atoms with E-state index in [1.807, 2.05) is 6.92 Å². The Morgan fingerprint density at radius 2 is 1.95 bits per heavy atom. The summed E-state index contributed by atoms with van der Waals surface area (Å²) in [5.41, 5.74) is -0.261. The first-order valence-electron chi connectivity index (χ1n) is 6.73. The van der Waals surface area contributed by atoms with E-state index < -0.39 is 20.5 Å². The van der Waals surface area contributed by atoms with Gasteiger partial charge in [0, 0.05) is 17.7 Å². The summed E-state index contributed by atoms with van der Waals surface area (Å²) in [6.07, 6.45) is 1.36. The lowest BCUT2D eigenvalue weighted by Crippen LogP contribution is -2.52. The molecule has 2 N–H and O–H groups in total. The van der Waals surface area contributed by atoms with Crippen LogP contribution in [-0.4, -0.2) is 32.0 Å². The predicted molar refractivity (Wildman–Crippen MR) is 78.7 cm³/mol. The molecule has 0 aliphatic carbocycles. The third kappa shape index (κ3) is 3.58. The van der Waals surface area contributed by atoms with Crippen LogP contribution in [0, 0.1) is 17.0 Å². The van der Waals surface area contributed by atoms with Gasteiger partial charge < -0.3 is 5.32 Å². The normalized spacial score (nSPS) is 18.4. The largest absolute Gasteiger partial charge is 0.317 e. The predicted octanol–water partition coefficient (Wildman–Crippen LogP) is 1.32. The lowest BCUT2D eigenvalue weighted by molar-refractivity contribution is -0.385. The maximum Gasteiger partial charge on any atom is 0.270 e. The van der Waals surface area contributed by atoms with Crippen LogP contribution < -0.4 is 10.0 Å². The highest BCUT2D eigenvalue weighted by molar-refractivity contribution is 7.89. The van der Waals surface area contributed by atoms with Gasteiger partial charge in [0.05, 0.1) is 9.82 Å². The average molecular weight is 313 g/mol. The Labute approximate surface area is 123 Å². The smallest absolute Gasteiger partial charge is 0.270 e. The number of nitrogens with zero attached hydrogens (tertiary/aromatic N) is 1. The summed E-state index contributed by atoms with van der Waals surface area (Å²) in [6, 6.07) is 3.88. The first-order chi connectivity index (χ1) is 9.73. The van der Waals surface area contributed by atoms with Crippen LogP contribution in [0.2, 0.25) is 0 Å². The van der Waals surface area contributed by atoms with Crippen LogP contribution in [-0.2, 0) is 10.0 Å². The molecule has 1 aromatic rings.